The fourth-order valence-electron chi connectivity index (χ4n) is 3.83. The first kappa shape index (κ1) is 15.8. The van der Waals surface area contributed by atoms with E-state index in [1.54, 1.807) is 12.3 Å². The molecule has 0 bridgehead atoms. The molecule has 2 aliphatic rings. The van der Waals surface area contributed by atoms with Crippen molar-refractivity contribution in [3.05, 3.63) is 48.4 Å². The molecule has 2 aromatic heterocycles. The molecule has 0 aromatic carbocycles. The van der Waals surface area contributed by atoms with Crippen molar-refractivity contribution in [3.8, 4) is 0 Å². The van der Waals surface area contributed by atoms with Crippen molar-refractivity contribution in [1.29, 1.82) is 0 Å². The third-order valence-electron chi connectivity index (χ3n) is 5.36. The number of carbonyl (C=O) groups is 2. The van der Waals surface area contributed by atoms with Crippen LogP contribution in [0.3, 0.4) is 0 Å². The Kier molecular flexibility index (Phi) is 3.99. The summed E-state index contributed by atoms with van der Waals surface area (Å²) < 4.78 is 5.10. The number of hydrogen-bond acceptors (Lipinski definition) is 5. The Labute approximate surface area is 145 Å². The lowest BCUT2D eigenvalue weighted by atomic mass is 9.77. The summed E-state index contributed by atoms with van der Waals surface area (Å²) in [7, 11) is 0. The van der Waals surface area contributed by atoms with E-state index in [-0.39, 0.29) is 23.0 Å². The number of hydrogen-bond donors (Lipinski definition) is 0. The number of rotatable bonds is 2. The molecule has 25 heavy (non-hydrogen) atoms. The molecule has 0 atom stereocenters. The first-order valence-electron chi connectivity index (χ1n) is 8.55. The van der Waals surface area contributed by atoms with Crippen molar-refractivity contribution in [3.63, 3.8) is 0 Å². The standard InChI is InChI=1S/C18H20N4O3/c23-16(14-3-1-2-7-20-14)22-10-6-18(12-22)4-8-21(9-5-18)17(24)15-11-19-13-25-15/h1-3,7,11,13H,4-6,8-10,12H2. The highest BCUT2D eigenvalue weighted by Gasteiger charge is 2.43. The van der Waals surface area contributed by atoms with Gasteiger partial charge >= 0.3 is 0 Å². The van der Waals surface area contributed by atoms with Gasteiger partial charge in [0, 0.05) is 32.4 Å². The molecule has 1 spiro atoms. The molecule has 2 fully saturated rings. The van der Waals surface area contributed by atoms with Gasteiger partial charge in [-0.05, 0) is 36.8 Å². The molecular formula is C18H20N4O3. The molecule has 7 nitrogen and oxygen atoms in total. The maximum Gasteiger partial charge on any atom is 0.291 e. The van der Waals surface area contributed by atoms with Gasteiger partial charge in [0.1, 0.15) is 5.69 Å². The largest absolute Gasteiger partial charge is 0.438 e. The molecule has 0 radical (unpaired) electrons. The summed E-state index contributed by atoms with van der Waals surface area (Å²) >= 11 is 0. The average molecular weight is 340 g/mol. The van der Waals surface area contributed by atoms with Crippen LogP contribution >= 0.6 is 0 Å². The number of nitrogens with zero attached hydrogens (tertiary/aromatic N) is 4. The molecular weight excluding hydrogens is 320 g/mol. The molecule has 4 rings (SSSR count). The highest BCUT2D eigenvalue weighted by molar-refractivity contribution is 5.92. The first-order chi connectivity index (χ1) is 12.2. The Morgan fingerprint density at radius 2 is 1.80 bits per heavy atom. The van der Waals surface area contributed by atoms with Gasteiger partial charge in [0.2, 0.25) is 5.76 Å². The number of amides is 2. The van der Waals surface area contributed by atoms with Crippen LogP contribution in [0.1, 0.15) is 40.3 Å². The molecule has 2 amide bonds. The lowest BCUT2D eigenvalue weighted by Crippen LogP contribution is -2.44. The second-order valence-electron chi connectivity index (χ2n) is 6.85. The van der Waals surface area contributed by atoms with E-state index < -0.39 is 0 Å². The van der Waals surface area contributed by atoms with E-state index in [9.17, 15) is 9.59 Å². The fraction of sp³-hybridized carbons (Fsp3) is 0.444. The zero-order valence-electron chi connectivity index (χ0n) is 13.9. The maximum absolute atomic E-state index is 12.6. The van der Waals surface area contributed by atoms with E-state index >= 15 is 0 Å². The van der Waals surface area contributed by atoms with Crippen LogP contribution in [0.5, 0.6) is 0 Å². The lowest BCUT2D eigenvalue weighted by molar-refractivity contribution is 0.0539. The van der Waals surface area contributed by atoms with E-state index in [2.05, 4.69) is 9.97 Å². The van der Waals surface area contributed by atoms with E-state index in [4.69, 9.17) is 4.42 Å². The molecule has 0 N–H and O–H groups in total. The predicted molar refractivity (Wildman–Crippen MR) is 88.8 cm³/mol. The number of likely N-dealkylation sites (tertiary alicyclic amines) is 2. The van der Waals surface area contributed by atoms with Gasteiger partial charge in [0.25, 0.3) is 11.8 Å². The van der Waals surface area contributed by atoms with Crippen LogP contribution in [0.4, 0.5) is 0 Å². The minimum atomic E-state index is -0.105. The van der Waals surface area contributed by atoms with Crippen LogP contribution < -0.4 is 0 Å². The Morgan fingerprint density at radius 1 is 1.04 bits per heavy atom. The third-order valence-corrected chi connectivity index (χ3v) is 5.36. The third kappa shape index (κ3) is 3.01. The summed E-state index contributed by atoms with van der Waals surface area (Å²) in [4.78, 5) is 36.6. The van der Waals surface area contributed by atoms with Gasteiger partial charge in [-0.2, -0.15) is 0 Å². The summed E-state index contributed by atoms with van der Waals surface area (Å²) in [6.45, 7) is 2.87. The average Bonchev–Trinajstić information content (AvgIpc) is 3.33. The normalized spacial score (nSPS) is 19.4. The molecule has 2 aromatic rings. The molecule has 7 heteroatoms. The minimum Gasteiger partial charge on any atom is -0.438 e. The van der Waals surface area contributed by atoms with Crippen molar-refractivity contribution in [2.45, 2.75) is 19.3 Å². The van der Waals surface area contributed by atoms with E-state index in [0.717, 1.165) is 32.4 Å². The molecule has 0 unspecified atom stereocenters. The SMILES string of the molecule is O=C(c1ccccn1)N1CCC2(CCN(C(=O)c3cnco3)CC2)C1. The van der Waals surface area contributed by atoms with E-state index in [1.165, 1.54) is 12.6 Å². The van der Waals surface area contributed by atoms with Gasteiger partial charge in [-0.25, -0.2) is 4.98 Å². The molecule has 2 saturated heterocycles. The number of piperidine rings is 1. The van der Waals surface area contributed by atoms with Gasteiger partial charge in [-0.3, -0.25) is 14.6 Å². The van der Waals surface area contributed by atoms with Gasteiger partial charge in [-0.15, -0.1) is 0 Å². The van der Waals surface area contributed by atoms with Gasteiger partial charge in [0.15, 0.2) is 6.39 Å². The lowest BCUT2D eigenvalue weighted by Gasteiger charge is -2.38. The highest BCUT2D eigenvalue weighted by atomic mass is 16.3. The van der Waals surface area contributed by atoms with Gasteiger partial charge < -0.3 is 14.2 Å². The van der Waals surface area contributed by atoms with Crippen molar-refractivity contribution >= 4 is 11.8 Å². The van der Waals surface area contributed by atoms with Crippen LogP contribution in [0, 0.1) is 5.41 Å². The topological polar surface area (TPSA) is 79.5 Å². The Balaban J connectivity index is 1.37. The van der Waals surface area contributed by atoms with Crippen molar-refractivity contribution in [2.75, 3.05) is 26.2 Å². The maximum atomic E-state index is 12.6. The highest BCUT2D eigenvalue weighted by Crippen LogP contribution is 2.40. The zero-order valence-corrected chi connectivity index (χ0v) is 13.9. The van der Waals surface area contributed by atoms with Crippen LogP contribution in [0.25, 0.3) is 0 Å². The molecule has 130 valence electrons. The smallest absolute Gasteiger partial charge is 0.291 e. The summed E-state index contributed by atoms with van der Waals surface area (Å²) in [6.07, 6.45) is 7.16. The monoisotopic (exact) mass is 340 g/mol. The van der Waals surface area contributed by atoms with Crippen LogP contribution in [0.2, 0.25) is 0 Å². The quantitative estimate of drug-likeness (QED) is 0.833. The second kappa shape index (κ2) is 6.31. The summed E-state index contributed by atoms with van der Waals surface area (Å²) in [5.41, 5.74) is 0.611. The minimum absolute atomic E-state index is 0.00218. The van der Waals surface area contributed by atoms with E-state index in [0.29, 0.717) is 18.8 Å². The number of oxazole rings is 1. The van der Waals surface area contributed by atoms with Crippen molar-refractivity contribution < 1.29 is 14.0 Å². The molecule has 0 saturated carbocycles. The second-order valence-corrected chi connectivity index (χ2v) is 6.85. The van der Waals surface area contributed by atoms with Crippen molar-refractivity contribution in [2.24, 2.45) is 5.41 Å². The number of aromatic nitrogens is 2. The van der Waals surface area contributed by atoms with Crippen LogP contribution in [-0.4, -0.2) is 57.8 Å². The summed E-state index contributed by atoms with van der Waals surface area (Å²) in [5, 5.41) is 0. The summed E-state index contributed by atoms with van der Waals surface area (Å²) in [6, 6.07) is 5.40. The predicted octanol–water partition coefficient (Wildman–Crippen LogP) is 1.84. The fourth-order valence-corrected chi connectivity index (χ4v) is 3.83. The van der Waals surface area contributed by atoms with Crippen LogP contribution in [0.15, 0.2) is 41.4 Å². The van der Waals surface area contributed by atoms with Crippen LogP contribution in [-0.2, 0) is 0 Å². The Bertz CT molecular complexity index is 752. The van der Waals surface area contributed by atoms with E-state index in [1.807, 2.05) is 21.9 Å². The first-order valence-corrected chi connectivity index (χ1v) is 8.55. The Hall–Kier alpha value is -2.70. The Morgan fingerprint density at radius 3 is 2.44 bits per heavy atom. The zero-order chi connectivity index (χ0) is 17.3. The van der Waals surface area contributed by atoms with Crippen molar-refractivity contribution in [1.82, 2.24) is 19.8 Å². The number of pyridine rings is 1. The van der Waals surface area contributed by atoms with Gasteiger partial charge in [0.05, 0.1) is 6.20 Å². The van der Waals surface area contributed by atoms with Gasteiger partial charge in [-0.1, -0.05) is 6.07 Å². The molecule has 0 aliphatic carbocycles. The molecule has 4 heterocycles. The molecule has 2 aliphatic heterocycles. The summed E-state index contributed by atoms with van der Waals surface area (Å²) in [5.74, 6) is 0.179. The number of carbonyl (C=O) groups excluding carboxylic acids is 2.